The molecule has 1 atom stereocenters. The van der Waals surface area contributed by atoms with E-state index in [0.717, 1.165) is 5.56 Å². The van der Waals surface area contributed by atoms with Crippen LogP contribution in [0.4, 0.5) is 0 Å². The van der Waals surface area contributed by atoms with Crippen molar-refractivity contribution in [3.8, 4) is 0 Å². The highest BCUT2D eigenvalue weighted by atomic mass is 35.5. The summed E-state index contributed by atoms with van der Waals surface area (Å²) in [6, 6.07) is 7.13. The van der Waals surface area contributed by atoms with Gasteiger partial charge in [0.1, 0.15) is 9.57 Å². The van der Waals surface area contributed by atoms with Gasteiger partial charge in [0.15, 0.2) is 0 Å². The number of hydrogen-bond donors (Lipinski definition) is 0. The molecule has 0 aromatic heterocycles. The Bertz CT molecular complexity index is 454. The number of nitro groups is 1. The van der Waals surface area contributed by atoms with Crippen LogP contribution in [0.3, 0.4) is 0 Å². The van der Waals surface area contributed by atoms with E-state index in [4.69, 9.17) is 23.8 Å². The van der Waals surface area contributed by atoms with Crippen LogP contribution in [0.25, 0.3) is 0 Å². The van der Waals surface area contributed by atoms with E-state index in [1.54, 1.807) is 23.1 Å². The second kappa shape index (κ2) is 6.92. The van der Waals surface area contributed by atoms with Gasteiger partial charge in [-0.05, 0) is 11.6 Å². The topological polar surface area (TPSA) is 46.4 Å². The molecule has 18 heavy (non-hydrogen) atoms. The summed E-state index contributed by atoms with van der Waals surface area (Å²) >= 11 is 12.5. The molecule has 0 bridgehead atoms. The molecule has 0 heterocycles. The van der Waals surface area contributed by atoms with Crippen molar-refractivity contribution < 1.29 is 4.92 Å². The molecule has 1 rings (SSSR count). The maximum atomic E-state index is 10.7. The van der Waals surface area contributed by atoms with Crippen LogP contribution in [0.15, 0.2) is 24.3 Å². The molecule has 0 aliphatic rings. The van der Waals surface area contributed by atoms with E-state index in [-0.39, 0.29) is 16.7 Å². The first-order valence-corrected chi connectivity index (χ1v) is 6.82. The first-order chi connectivity index (χ1) is 8.41. The normalized spacial score (nSPS) is 11.9. The van der Waals surface area contributed by atoms with E-state index in [9.17, 15) is 10.1 Å². The molecule has 0 fully saturated rings. The summed E-state index contributed by atoms with van der Waals surface area (Å²) in [7, 11) is 3.62. The van der Waals surface area contributed by atoms with Crippen molar-refractivity contribution in [2.75, 3.05) is 20.6 Å². The summed E-state index contributed by atoms with van der Waals surface area (Å²) < 4.78 is 0.599. The molecular weight excluding hydrogens is 292 g/mol. The van der Waals surface area contributed by atoms with Crippen LogP contribution in [0.1, 0.15) is 10.8 Å². The van der Waals surface area contributed by atoms with E-state index < -0.39 is 0 Å². The summed E-state index contributed by atoms with van der Waals surface area (Å²) in [5, 5.41) is 10.9. The Balaban J connectivity index is 2.95. The molecule has 0 N–H and O–H groups in total. The number of nitrogens with zero attached hydrogens (tertiary/aromatic N) is 2. The molecule has 0 radical (unpaired) electrons. The first-order valence-electron chi connectivity index (χ1n) is 5.16. The van der Waals surface area contributed by atoms with Crippen molar-refractivity contribution in [2.24, 2.45) is 0 Å². The van der Waals surface area contributed by atoms with Crippen LogP contribution in [-0.4, -0.2) is 34.8 Å². The van der Waals surface area contributed by atoms with Crippen molar-refractivity contribution in [3.63, 3.8) is 0 Å². The Hall–Kier alpha value is -0.850. The number of thiocarbonyl (C=S) groups is 1. The van der Waals surface area contributed by atoms with E-state index in [1.165, 1.54) is 11.8 Å². The highest BCUT2D eigenvalue weighted by molar-refractivity contribution is 8.23. The van der Waals surface area contributed by atoms with Crippen LogP contribution in [0, 0.1) is 10.1 Å². The summed E-state index contributed by atoms with van der Waals surface area (Å²) in [6.45, 7) is -0.206. The molecule has 0 aliphatic heterocycles. The quantitative estimate of drug-likeness (QED) is 0.485. The van der Waals surface area contributed by atoms with Gasteiger partial charge in [-0.3, -0.25) is 10.1 Å². The third kappa shape index (κ3) is 4.44. The third-order valence-corrected chi connectivity index (χ3v) is 4.43. The molecular formula is C11H13ClN2O2S2. The van der Waals surface area contributed by atoms with Crippen molar-refractivity contribution in [3.05, 3.63) is 45.0 Å². The average molecular weight is 305 g/mol. The Morgan fingerprint density at radius 2 is 2.17 bits per heavy atom. The predicted molar refractivity (Wildman–Crippen MR) is 79.9 cm³/mol. The Morgan fingerprint density at radius 1 is 1.56 bits per heavy atom. The summed E-state index contributed by atoms with van der Waals surface area (Å²) in [5.74, 6) is 0. The van der Waals surface area contributed by atoms with Crippen LogP contribution in [-0.2, 0) is 0 Å². The number of thioether (sulfide) groups is 1. The number of benzene rings is 1. The van der Waals surface area contributed by atoms with Crippen LogP contribution < -0.4 is 0 Å². The zero-order valence-electron chi connectivity index (χ0n) is 10.00. The summed E-state index contributed by atoms with van der Waals surface area (Å²) in [5.41, 5.74) is 0.741. The Kier molecular flexibility index (Phi) is 5.84. The Labute approximate surface area is 120 Å². The summed E-state index contributed by atoms with van der Waals surface area (Å²) in [6.07, 6.45) is 0. The number of hydrogen-bond acceptors (Lipinski definition) is 4. The van der Waals surface area contributed by atoms with Gasteiger partial charge in [-0.1, -0.05) is 53.8 Å². The minimum absolute atomic E-state index is 0.206. The van der Waals surface area contributed by atoms with Gasteiger partial charge in [-0.15, -0.1) is 0 Å². The van der Waals surface area contributed by atoms with E-state index in [0.29, 0.717) is 9.34 Å². The van der Waals surface area contributed by atoms with Gasteiger partial charge in [-0.25, -0.2) is 0 Å². The second-order valence-electron chi connectivity index (χ2n) is 3.80. The minimum atomic E-state index is -0.372. The molecule has 0 amide bonds. The Morgan fingerprint density at radius 3 is 2.67 bits per heavy atom. The van der Waals surface area contributed by atoms with Gasteiger partial charge in [0, 0.05) is 24.0 Å². The summed E-state index contributed by atoms with van der Waals surface area (Å²) in [4.78, 5) is 12.1. The molecule has 4 nitrogen and oxygen atoms in total. The van der Waals surface area contributed by atoms with Gasteiger partial charge in [-0.2, -0.15) is 0 Å². The molecule has 0 saturated heterocycles. The lowest BCUT2D eigenvalue weighted by Gasteiger charge is -2.18. The SMILES string of the molecule is CN(C)C(=S)SC(C[N+](=O)[O-])c1ccccc1Cl. The predicted octanol–water partition coefficient (Wildman–Crippen LogP) is 3.24. The zero-order chi connectivity index (χ0) is 13.7. The fourth-order valence-corrected chi connectivity index (χ4v) is 2.96. The van der Waals surface area contributed by atoms with Crippen molar-refractivity contribution in [1.82, 2.24) is 4.90 Å². The highest BCUT2D eigenvalue weighted by Crippen LogP contribution is 2.34. The van der Waals surface area contributed by atoms with Gasteiger partial charge in [0.2, 0.25) is 6.54 Å². The lowest BCUT2D eigenvalue weighted by atomic mass is 10.1. The van der Waals surface area contributed by atoms with Crippen LogP contribution in [0.2, 0.25) is 5.02 Å². The standard InChI is InChI=1S/C11H13ClN2O2S2/c1-13(2)11(17)18-10(7-14(15)16)8-5-3-4-6-9(8)12/h3-6,10H,7H2,1-2H3. The molecule has 98 valence electrons. The van der Waals surface area contributed by atoms with Crippen LogP contribution in [0.5, 0.6) is 0 Å². The molecule has 0 spiro atoms. The second-order valence-corrected chi connectivity index (χ2v) is 6.05. The number of rotatable bonds is 4. The molecule has 1 aromatic carbocycles. The highest BCUT2D eigenvalue weighted by Gasteiger charge is 2.23. The molecule has 7 heteroatoms. The first kappa shape index (κ1) is 15.2. The van der Waals surface area contributed by atoms with Crippen LogP contribution >= 0.6 is 35.6 Å². The maximum absolute atomic E-state index is 10.7. The van der Waals surface area contributed by atoms with Crippen molar-refractivity contribution in [2.45, 2.75) is 5.25 Å². The molecule has 0 saturated carbocycles. The van der Waals surface area contributed by atoms with E-state index >= 15 is 0 Å². The monoisotopic (exact) mass is 304 g/mol. The third-order valence-electron chi connectivity index (χ3n) is 2.18. The molecule has 0 aliphatic carbocycles. The largest absolute Gasteiger partial charge is 0.364 e. The fourth-order valence-electron chi connectivity index (χ4n) is 1.30. The van der Waals surface area contributed by atoms with E-state index in [2.05, 4.69) is 0 Å². The lowest BCUT2D eigenvalue weighted by molar-refractivity contribution is -0.479. The smallest absolute Gasteiger partial charge is 0.220 e. The molecule has 1 unspecified atom stereocenters. The van der Waals surface area contributed by atoms with E-state index in [1.807, 2.05) is 20.2 Å². The molecule has 1 aromatic rings. The zero-order valence-corrected chi connectivity index (χ0v) is 12.4. The maximum Gasteiger partial charge on any atom is 0.220 e. The number of halogens is 1. The van der Waals surface area contributed by atoms with Gasteiger partial charge in [0.25, 0.3) is 0 Å². The van der Waals surface area contributed by atoms with Gasteiger partial charge >= 0.3 is 0 Å². The van der Waals surface area contributed by atoms with Gasteiger partial charge in [0.05, 0.1) is 0 Å². The fraction of sp³-hybridized carbons (Fsp3) is 0.364. The van der Waals surface area contributed by atoms with Crippen molar-refractivity contribution >= 4 is 39.9 Å². The van der Waals surface area contributed by atoms with Gasteiger partial charge < -0.3 is 4.90 Å². The van der Waals surface area contributed by atoms with Crippen molar-refractivity contribution in [1.29, 1.82) is 0 Å². The minimum Gasteiger partial charge on any atom is -0.364 e. The lowest BCUT2D eigenvalue weighted by Crippen LogP contribution is -2.20. The average Bonchev–Trinajstić information content (AvgIpc) is 2.28.